The lowest BCUT2D eigenvalue weighted by atomic mass is 10.2. The third-order valence-corrected chi connectivity index (χ3v) is 6.41. The first-order valence-corrected chi connectivity index (χ1v) is 12.3. The van der Waals surface area contributed by atoms with Gasteiger partial charge in [-0.25, -0.2) is 4.98 Å². The summed E-state index contributed by atoms with van der Waals surface area (Å²) >= 11 is 17.6. The number of halogens is 2. The van der Waals surface area contributed by atoms with Crippen LogP contribution in [0.1, 0.15) is 11.3 Å². The molecule has 9 heteroatoms. The average molecular weight is 548 g/mol. The predicted octanol–water partition coefficient (Wildman–Crippen LogP) is 7.90. The second-order valence-electron chi connectivity index (χ2n) is 8.15. The van der Waals surface area contributed by atoms with Crippen molar-refractivity contribution in [1.82, 2.24) is 10.3 Å². The molecule has 0 fully saturated rings. The van der Waals surface area contributed by atoms with Gasteiger partial charge in [-0.3, -0.25) is 10.1 Å². The molecule has 0 aliphatic heterocycles. The number of thiocarbonyl (C=S) groups is 1. The third kappa shape index (κ3) is 5.75. The van der Waals surface area contributed by atoms with Gasteiger partial charge in [-0.2, -0.15) is 0 Å². The molecule has 5 rings (SSSR count). The number of fused-ring (bicyclic) bond motifs is 1. The van der Waals surface area contributed by atoms with Crippen LogP contribution in [-0.2, 0) is 4.79 Å². The molecule has 0 aliphatic rings. The van der Waals surface area contributed by atoms with Crippen LogP contribution in [0.2, 0.25) is 10.0 Å². The summed E-state index contributed by atoms with van der Waals surface area (Å²) in [5.74, 6) is 1.10. The van der Waals surface area contributed by atoms with Gasteiger partial charge in [0, 0.05) is 22.9 Å². The maximum atomic E-state index is 12.4. The molecule has 3 aromatic carbocycles. The van der Waals surface area contributed by atoms with Crippen molar-refractivity contribution in [2.24, 2.45) is 0 Å². The highest BCUT2D eigenvalue weighted by molar-refractivity contribution is 7.80. The van der Waals surface area contributed by atoms with Gasteiger partial charge in [0.2, 0.25) is 11.8 Å². The number of rotatable bonds is 5. The fourth-order valence-corrected chi connectivity index (χ4v) is 4.25. The molecule has 37 heavy (non-hydrogen) atoms. The molecule has 0 unspecified atom stereocenters. The van der Waals surface area contributed by atoms with Gasteiger partial charge in [-0.1, -0.05) is 41.4 Å². The normalized spacial score (nSPS) is 11.2. The van der Waals surface area contributed by atoms with Crippen molar-refractivity contribution in [1.29, 1.82) is 0 Å². The van der Waals surface area contributed by atoms with Gasteiger partial charge in [0.1, 0.15) is 17.0 Å². The van der Waals surface area contributed by atoms with E-state index in [-0.39, 0.29) is 5.11 Å². The highest BCUT2D eigenvalue weighted by Crippen LogP contribution is 2.34. The zero-order valence-electron chi connectivity index (χ0n) is 19.4. The quantitative estimate of drug-likeness (QED) is 0.172. The number of carbonyl (C=O) groups is 1. The minimum Gasteiger partial charge on any atom is -0.457 e. The number of aromatic nitrogens is 1. The number of oxazole rings is 1. The van der Waals surface area contributed by atoms with E-state index in [1.54, 1.807) is 30.3 Å². The molecule has 0 aliphatic carbocycles. The van der Waals surface area contributed by atoms with Crippen LogP contribution in [0.25, 0.3) is 40.0 Å². The van der Waals surface area contributed by atoms with Gasteiger partial charge in [0.15, 0.2) is 10.7 Å². The SMILES string of the molecule is Cc1ccc2nc(-c3cccc(NC(=S)NC(=O)C=Cc4ccc(-c5cccc(Cl)c5Cl)o4)c3)oc2c1. The molecule has 0 atom stereocenters. The fraction of sp³-hybridized carbons (Fsp3) is 0.0357. The van der Waals surface area contributed by atoms with E-state index in [9.17, 15) is 4.79 Å². The molecule has 5 aromatic rings. The maximum absolute atomic E-state index is 12.4. The molecule has 0 saturated carbocycles. The van der Waals surface area contributed by atoms with E-state index in [0.29, 0.717) is 38.7 Å². The molecule has 0 radical (unpaired) electrons. The number of hydrogen-bond donors (Lipinski definition) is 2. The molecule has 2 N–H and O–H groups in total. The number of amides is 1. The number of nitrogens with zero attached hydrogens (tertiary/aromatic N) is 1. The molecule has 2 aromatic heterocycles. The van der Waals surface area contributed by atoms with Crippen LogP contribution in [0, 0.1) is 6.92 Å². The molecule has 0 bridgehead atoms. The number of furan rings is 1. The Balaban J connectivity index is 1.21. The topological polar surface area (TPSA) is 80.3 Å². The van der Waals surface area contributed by atoms with Crippen molar-refractivity contribution in [3.05, 3.63) is 100 Å². The molecule has 184 valence electrons. The van der Waals surface area contributed by atoms with Crippen LogP contribution in [0.15, 0.2) is 87.7 Å². The number of carbonyl (C=O) groups excluding carboxylic acids is 1. The molecule has 1 amide bonds. The summed E-state index contributed by atoms with van der Waals surface area (Å²) in [6.07, 6.45) is 2.86. The zero-order valence-corrected chi connectivity index (χ0v) is 21.7. The van der Waals surface area contributed by atoms with Crippen molar-refractivity contribution in [3.63, 3.8) is 0 Å². The average Bonchev–Trinajstić information content (AvgIpc) is 3.51. The van der Waals surface area contributed by atoms with Crippen molar-refractivity contribution in [2.75, 3.05) is 5.32 Å². The van der Waals surface area contributed by atoms with Gasteiger partial charge in [0.05, 0.1) is 10.0 Å². The van der Waals surface area contributed by atoms with Crippen LogP contribution < -0.4 is 10.6 Å². The molecule has 0 saturated heterocycles. The van der Waals surface area contributed by atoms with Crippen molar-refractivity contribution in [2.45, 2.75) is 6.92 Å². The number of benzene rings is 3. The number of hydrogen-bond acceptors (Lipinski definition) is 5. The summed E-state index contributed by atoms with van der Waals surface area (Å²) in [6, 6.07) is 22.0. The molecule has 6 nitrogen and oxygen atoms in total. The Hall–Kier alpha value is -3.91. The second-order valence-corrected chi connectivity index (χ2v) is 9.34. The van der Waals surface area contributed by atoms with Gasteiger partial charge in [-0.05, 0) is 85.4 Å². The summed E-state index contributed by atoms with van der Waals surface area (Å²) in [5.41, 5.74) is 4.73. The van der Waals surface area contributed by atoms with Crippen molar-refractivity contribution in [3.8, 4) is 22.8 Å². The first kappa shape index (κ1) is 24.8. The Morgan fingerprint density at radius 3 is 2.70 bits per heavy atom. The highest BCUT2D eigenvalue weighted by atomic mass is 35.5. The van der Waals surface area contributed by atoms with Crippen LogP contribution in [0.4, 0.5) is 5.69 Å². The van der Waals surface area contributed by atoms with Gasteiger partial charge >= 0.3 is 0 Å². The minimum absolute atomic E-state index is 0.144. The Bertz CT molecular complexity index is 1670. The van der Waals surface area contributed by atoms with E-state index in [0.717, 1.165) is 22.2 Å². The Morgan fingerprint density at radius 1 is 1.00 bits per heavy atom. The second kappa shape index (κ2) is 10.6. The van der Waals surface area contributed by atoms with E-state index < -0.39 is 5.91 Å². The predicted molar refractivity (Wildman–Crippen MR) is 152 cm³/mol. The van der Waals surface area contributed by atoms with Crippen LogP contribution in [0.3, 0.4) is 0 Å². The Labute approximate surface area is 227 Å². The van der Waals surface area contributed by atoms with E-state index in [4.69, 9.17) is 44.3 Å². The first-order chi connectivity index (χ1) is 17.9. The summed E-state index contributed by atoms with van der Waals surface area (Å²) < 4.78 is 11.7. The molecule has 0 spiro atoms. The Morgan fingerprint density at radius 2 is 1.84 bits per heavy atom. The minimum atomic E-state index is -0.415. The van der Waals surface area contributed by atoms with E-state index in [1.807, 2.05) is 49.4 Å². The van der Waals surface area contributed by atoms with Crippen molar-refractivity contribution < 1.29 is 13.6 Å². The van der Waals surface area contributed by atoms with Crippen molar-refractivity contribution >= 4 is 69.3 Å². The first-order valence-electron chi connectivity index (χ1n) is 11.2. The number of anilines is 1. The highest BCUT2D eigenvalue weighted by Gasteiger charge is 2.12. The van der Waals surface area contributed by atoms with Crippen LogP contribution >= 0.6 is 35.4 Å². The lowest BCUT2D eigenvalue weighted by Gasteiger charge is -2.08. The fourth-order valence-electron chi connectivity index (χ4n) is 3.64. The Kier molecular flexibility index (Phi) is 7.10. The summed E-state index contributed by atoms with van der Waals surface area (Å²) in [6.45, 7) is 2.00. The number of aryl methyl sites for hydroxylation is 1. The zero-order chi connectivity index (χ0) is 25.9. The van der Waals surface area contributed by atoms with Gasteiger partial charge < -0.3 is 14.2 Å². The third-order valence-electron chi connectivity index (χ3n) is 5.39. The molecular weight excluding hydrogens is 529 g/mol. The van der Waals surface area contributed by atoms with E-state index in [1.165, 1.54) is 12.2 Å². The largest absolute Gasteiger partial charge is 0.457 e. The summed E-state index contributed by atoms with van der Waals surface area (Å²) in [5, 5.41) is 6.60. The lowest BCUT2D eigenvalue weighted by molar-refractivity contribution is -0.115. The van der Waals surface area contributed by atoms with E-state index in [2.05, 4.69) is 15.6 Å². The van der Waals surface area contributed by atoms with Crippen LogP contribution in [-0.4, -0.2) is 16.0 Å². The summed E-state index contributed by atoms with van der Waals surface area (Å²) in [7, 11) is 0. The summed E-state index contributed by atoms with van der Waals surface area (Å²) in [4.78, 5) is 16.9. The lowest BCUT2D eigenvalue weighted by Crippen LogP contribution is -2.32. The molecular formula is C28H19Cl2N3O3S. The monoisotopic (exact) mass is 547 g/mol. The van der Waals surface area contributed by atoms with Gasteiger partial charge in [-0.15, -0.1) is 0 Å². The van der Waals surface area contributed by atoms with Gasteiger partial charge in [0.25, 0.3) is 0 Å². The van der Waals surface area contributed by atoms with E-state index >= 15 is 0 Å². The molecule has 2 heterocycles. The maximum Gasteiger partial charge on any atom is 0.250 e. The smallest absolute Gasteiger partial charge is 0.250 e. The van der Waals surface area contributed by atoms with Crippen LogP contribution in [0.5, 0.6) is 0 Å². The number of nitrogens with one attached hydrogen (secondary N) is 2. The standard InChI is InChI=1S/C28H19Cl2N3O3S/c1-16-8-11-22-24(14-16)36-27(32-22)17-4-2-5-18(15-17)31-28(37)33-25(34)13-10-19-9-12-23(35-19)20-6-3-7-21(29)26(20)30/h2-15H,1H3,(H2,31,33,34,37).